The molecule has 0 bridgehead atoms. The lowest BCUT2D eigenvalue weighted by Crippen LogP contribution is -2.01. The number of hydrogen-bond acceptors (Lipinski definition) is 3. The smallest absolute Gasteiger partial charge is 0.263 e. The second kappa shape index (κ2) is 4.10. The lowest BCUT2D eigenvalue weighted by atomic mass is 10.1. The molecule has 96 valence electrons. The van der Waals surface area contributed by atoms with Crippen LogP contribution in [0.25, 0.3) is 22.6 Å². The highest BCUT2D eigenvalue weighted by Gasteiger charge is 2.18. The predicted molar refractivity (Wildman–Crippen MR) is 74.1 cm³/mol. The van der Waals surface area contributed by atoms with E-state index >= 15 is 0 Å². The zero-order valence-corrected chi connectivity index (χ0v) is 10.5. The molecule has 0 amide bonds. The Kier molecular flexibility index (Phi) is 2.27. The molecule has 0 aromatic rings. The summed E-state index contributed by atoms with van der Waals surface area (Å²) in [4.78, 5) is 12.4. The van der Waals surface area contributed by atoms with Gasteiger partial charge in [0.15, 0.2) is 11.5 Å². The summed E-state index contributed by atoms with van der Waals surface area (Å²) in [6.07, 6.45) is 0. The van der Waals surface area contributed by atoms with Crippen LogP contribution in [0.4, 0.5) is 0 Å². The Labute approximate surface area is 115 Å². The summed E-state index contributed by atoms with van der Waals surface area (Å²) in [5.74, 6) is 1.70. The molecule has 0 fully saturated rings. The van der Waals surface area contributed by atoms with Crippen molar-refractivity contribution < 1.29 is 13.6 Å². The van der Waals surface area contributed by atoms with Gasteiger partial charge >= 0.3 is 0 Å². The first-order valence-corrected chi connectivity index (χ1v) is 6.33. The average molecular weight is 262 g/mol. The van der Waals surface area contributed by atoms with Gasteiger partial charge in [0.2, 0.25) is 0 Å². The SMILES string of the molecule is O=C(c1ccc2cccc-2o1)c1ccc2cccc-2o1. The molecular formula is C17H10O3. The van der Waals surface area contributed by atoms with E-state index in [4.69, 9.17) is 8.83 Å². The van der Waals surface area contributed by atoms with Crippen molar-refractivity contribution >= 4 is 5.78 Å². The van der Waals surface area contributed by atoms with Gasteiger partial charge in [0.25, 0.3) is 5.78 Å². The van der Waals surface area contributed by atoms with Gasteiger partial charge in [0.05, 0.1) is 0 Å². The normalized spacial score (nSPS) is 11.2. The Morgan fingerprint density at radius 2 is 1.15 bits per heavy atom. The van der Waals surface area contributed by atoms with E-state index in [1.165, 1.54) is 0 Å². The highest BCUT2D eigenvalue weighted by Crippen LogP contribution is 2.27. The summed E-state index contributed by atoms with van der Waals surface area (Å²) in [7, 11) is 0. The third kappa shape index (κ3) is 1.64. The van der Waals surface area contributed by atoms with Crippen molar-refractivity contribution in [2.45, 2.75) is 0 Å². The molecule has 3 nitrogen and oxygen atoms in total. The van der Waals surface area contributed by atoms with Crippen molar-refractivity contribution in [3.8, 4) is 22.6 Å². The van der Waals surface area contributed by atoms with Gasteiger partial charge in [0, 0.05) is 11.1 Å². The summed E-state index contributed by atoms with van der Waals surface area (Å²) in [5, 5.41) is 0. The third-order valence-electron chi connectivity index (χ3n) is 3.33. The number of ketones is 1. The largest absolute Gasteiger partial charge is 0.452 e. The van der Waals surface area contributed by atoms with Crippen molar-refractivity contribution in [3.63, 3.8) is 0 Å². The maximum Gasteiger partial charge on any atom is 0.263 e. The van der Waals surface area contributed by atoms with Crippen LogP contribution < -0.4 is 0 Å². The van der Waals surface area contributed by atoms with E-state index < -0.39 is 0 Å². The molecule has 0 aromatic heterocycles. The van der Waals surface area contributed by atoms with Crippen LogP contribution in [0.15, 0.2) is 69.5 Å². The summed E-state index contributed by atoms with van der Waals surface area (Å²) in [6.45, 7) is 0. The van der Waals surface area contributed by atoms with Crippen molar-refractivity contribution in [2.75, 3.05) is 0 Å². The standard InChI is InChI=1S/C17H10O3/c18-17(15-9-7-11-3-1-5-13(11)19-15)16-10-8-12-4-2-6-14(12)20-16/h1-10H. The molecule has 2 heterocycles. The predicted octanol–water partition coefficient (Wildman–Crippen LogP) is 4.31. The zero-order chi connectivity index (χ0) is 13.5. The molecule has 0 radical (unpaired) electrons. The van der Waals surface area contributed by atoms with Crippen LogP contribution in [0.3, 0.4) is 0 Å². The minimum Gasteiger partial charge on any atom is -0.452 e. The van der Waals surface area contributed by atoms with Gasteiger partial charge in [-0.05, 0) is 36.4 Å². The molecular weight excluding hydrogens is 252 g/mol. The highest BCUT2D eigenvalue weighted by atomic mass is 16.4. The quantitative estimate of drug-likeness (QED) is 0.505. The second-order valence-electron chi connectivity index (χ2n) is 4.62. The topological polar surface area (TPSA) is 43.4 Å². The monoisotopic (exact) mass is 262 g/mol. The third-order valence-corrected chi connectivity index (χ3v) is 3.33. The highest BCUT2D eigenvalue weighted by molar-refractivity contribution is 6.05. The lowest BCUT2D eigenvalue weighted by Gasteiger charge is -2.05. The first-order chi connectivity index (χ1) is 9.81. The van der Waals surface area contributed by atoms with Gasteiger partial charge in [-0.25, -0.2) is 0 Å². The van der Waals surface area contributed by atoms with E-state index in [1.54, 1.807) is 12.1 Å². The lowest BCUT2D eigenvalue weighted by molar-refractivity contribution is 0.0981. The molecule has 4 aliphatic rings. The van der Waals surface area contributed by atoms with Crippen molar-refractivity contribution in [2.24, 2.45) is 0 Å². The second-order valence-corrected chi connectivity index (χ2v) is 4.62. The summed E-state index contributed by atoms with van der Waals surface area (Å²) in [6, 6.07) is 18.4. The first kappa shape index (κ1) is 11.1. The maximum atomic E-state index is 12.4. The molecule has 3 heteroatoms. The molecule has 20 heavy (non-hydrogen) atoms. The molecule has 0 atom stereocenters. The van der Waals surface area contributed by atoms with E-state index in [2.05, 4.69) is 0 Å². The van der Waals surface area contributed by atoms with E-state index in [0.29, 0.717) is 11.5 Å². The van der Waals surface area contributed by atoms with E-state index in [-0.39, 0.29) is 17.3 Å². The van der Waals surface area contributed by atoms with Crippen molar-refractivity contribution in [1.82, 2.24) is 0 Å². The van der Waals surface area contributed by atoms with Crippen LogP contribution >= 0.6 is 0 Å². The van der Waals surface area contributed by atoms with Crippen LogP contribution in [-0.4, -0.2) is 5.78 Å². The number of fused-ring (bicyclic) bond motifs is 2. The minimum absolute atomic E-state index is 0.254. The molecule has 0 saturated carbocycles. The molecule has 0 aromatic carbocycles. The van der Waals surface area contributed by atoms with Gasteiger partial charge in [-0.2, -0.15) is 0 Å². The summed E-state index contributed by atoms with van der Waals surface area (Å²) in [5.41, 5.74) is 1.95. The number of hydrogen-bond donors (Lipinski definition) is 0. The van der Waals surface area contributed by atoms with Crippen LogP contribution in [0.1, 0.15) is 16.3 Å². The Morgan fingerprint density at radius 1 is 0.650 bits per heavy atom. The van der Waals surface area contributed by atoms with Gasteiger partial charge in [-0.3, -0.25) is 4.79 Å². The Bertz CT molecular complexity index is 768. The van der Waals surface area contributed by atoms with Gasteiger partial charge in [0.1, 0.15) is 11.5 Å². The van der Waals surface area contributed by atoms with Gasteiger partial charge in [-0.15, -0.1) is 0 Å². The van der Waals surface area contributed by atoms with Crippen molar-refractivity contribution in [3.05, 3.63) is 72.2 Å². The fourth-order valence-electron chi connectivity index (χ4n) is 2.30. The molecule has 4 rings (SSSR count). The molecule has 2 aliphatic heterocycles. The van der Waals surface area contributed by atoms with Gasteiger partial charge < -0.3 is 8.83 Å². The minimum atomic E-state index is -0.254. The fourth-order valence-corrected chi connectivity index (χ4v) is 2.30. The molecule has 0 saturated heterocycles. The number of carbonyl (C=O) groups excluding carboxylic acids is 1. The van der Waals surface area contributed by atoms with Gasteiger partial charge in [-0.1, -0.05) is 24.3 Å². The van der Waals surface area contributed by atoms with Crippen LogP contribution in [0.2, 0.25) is 0 Å². The van der Waals surface area contributed by atoms with E-state index in [1.807, 2.05) is 48.5 Å². The Balaban J connectivity index is 1.80. The summed E-state index contributed by atoms with van der Waals surface area (Å²) < 4.78 is 11.2. The average Bonchev–Trinajstić information content (AvgIpc) is 3.13. The Morgan fingerprint density at radius 3 is 1.65 bits per heavy atom. The molecule has 2 aliphatic carbocycles. The molecule has 0 N–H and O–H groups in total. The molecule has 0 spiro atoms. The summed E-state index contributed by atoms with van der Waals surface area (Å²) >= 11 is 0. The molecule has 0 unspecified atom stereocenters. The fraction of sp³-hybridized carbons (Fsp3) is 0. The number of carbonyl (C=O) groups is 1. The maximum absolute atomic E-state index is 12.4. The Hall–Kier alpha value is -2.81. The number of rotatable bonds is 2. The van der Waals surface area contributed by atoms with Crippen molar-refractivity contribution in [1.29, 1.82) is 0 Å². The van der Waals surface area contributed by atoms with Crippen LogP contribution in [0, 0.1) is 0 Å². The van der Waals surface area contributed by atoms with E-state index in [0.717, 1.165) is 11.1 Å². The van der Waals surface area contributed by atoms with Crippen LogP contribution in [0.5, 0.6) is 0 Å². The first-order valence-electron chi connectivity index (χ1n) is 6.33. The van der Waals surface area contributed by atoms with E-state index in [9.17, 15) is 4.79 Å². The zero-order valence-electron chi connectivity index (χ0n) is 10.5. The van der Waals surface area contributed by atoms with Crippen LogP contribution in [-0.2, 0) is 0 Å².